The number of aryl methyl sites for hydroxylation is 1. The molecular weight excluding hydrogens is 431 g/mol. The number of benzene rings is 2. The first-order valence-corrected chi connectivity index (χ1v) is 10.7. The van der Waals surface area contributed by atoms with Gasteiger partial charge in [0.05, 0.1) is 24.0 Å². The lowest BCUT2D eigenvalue weighted by molar-refractivity contribution is -0.143. The van der Waals surface area contributed by atoms with Crippen LogP contribution in [0.1, 0.15) is 22.7 Å². The zero-order chi connectivity index (χ0) is 23.6. The molecule has 1 fully saturated rings. The Hall–Kier alpha value is -3.33. The van der Waals surface area contributed by atoms with Gasteiger partial charge in [-0.25, -0.2) is 9.48 Å². The highest BCUT2D eigenvalue weighted by Gasteiger charge is 2.40. The Bertz CT molecular complexity index is 1100. The van der Waals surface area contributed by atoms with Crippen molar-refractivity contribution in [3.63, 3.8) is 0 Å². The summed E-state index contributed by atoms with van der Waals surface area (Å²) in [6.07, 6.45) is -4.30. The van der Waals surface area contributed by atoms with Gasteiger partial charge in [-0.3, -0.25) is 10.2 Å². The number of alkyl halides is 3. The molecule has 1 aromatic heterocycles. The minimum atomic E-state index is -4.30. The van der Waals surface area contributed by atoms with E-state index in [0.29, 0.717) is 5.82 Å². The maximum atomic E-state index is 13.0. The summed E-state index contributed by atoms with van der Waals surface area (Å²) >= 11 is 0. The largest absolute Gasteiger partial charge is 0.401 e. The second-order valence-electron chi connectivity index (χ2n) is 8.34. The van der Waals surface area contributed by atoms with Gasteiger partial charge in [-0.2, -0.15) is 18.3 Å². The number of urea groups is 1. The highest BCUT2D eigenvalue weighted by molar-refractivity contribution is 5.90. The minimum absolute atomic E-state index is 0.114. The van der Waals surface area contributed by atoms with Crippen LogP contribution >= 0.6 is 0 Å². The van der Waals surface area contributed by atoms with Crippen LogP contribution in [0.25, 0.3) is 5.69 Å². The highest BCUT2D eigenvalue weighted by atomic mass is 19.4. The zero-order valence-corrected chi connectivity index (χ0v) is 18.4. The Morgan fingerprint density at radius 3 is 2.30 bits per heavy atom. The van der Waals surface area contributed by atoms with Gasteiger partial charge in [-0.05, 0) is 31.5 Å². The number of likely N-dealkylation sites (tertiary alicyclic amines) is 1. The topological polar surface area (TPSA) is 62.2 Å². The number of anilines is 1. The molecule has 1 saturated heterocycles. The number of hydrogen-bond donors (Lipinski definition) is 2. The molecule has 0 radical (unpaired) electrons. The molecule has 0 aliphatic carbocycles. The predicted molar refractivity (Wildman–Crippen MR) is 121 cm³/mol. The number of amides is 2. The molecule has 1 aliphatic rings. The molecule has 2 heterocycles. The van der Waals surface area contributed by atoms with Crippen molar-refractivity contribution in [3.8, 4) is 5.69 Å². The molecule has 0 saturated carbocycles. The van der Waals surface area contributed by atoms with Crippen molar-refractivity contribution >= 4 is 11.8 Å². The van der Waals surface area contributed by atoms with E-state index in [1.165, 1.54) is 4.90 Å². The summed E-state index contributed by atoms with van der Waals surface area (Å²) in [5.74, 6) is 0.277. The van der Waals surface area contributed by atoms with Gasteiger partial charge in [0, 0.05) is 24.6 Å². The van der Waals surface area contributed by atoms with Gasteiger partial charge in [0.25, 0.3) is 0 Å². The molecule has 4 rings (SSSR count). The lowest BCUT2D eigenvalue weighted by Crippen LogP contribution is -2.43. The molecule has 33 heavy (non-hydrogen) atoms. The summed E-state index contributed by atoms with van der Waals surface area (Å²) in [4.78, 5) is 14.3. The number of halogens is 3. The van der Waals surface area contributed by atoms with E-state index in [0.717, 1.165) is 22.5 Å². The second-order valence-corrected chi connectivity index (χ2v) is 8.34. The van der Waals surface area contributed by atoms with Crippen molar-refractivity contribution in [1.29, 1.82) is 0 Å². The Labute approximate surface area is 190 Å². The molecule has 2 aromatic carbocycles. The number of nitrogens with zero attached hydrogens (tertiary/aromatic N) is 3. The van der Waals surface area contributed by atoms with E-state index < -0.39 is 24.8 Å². The summed E-state index contributed by atoms with van der Waals surface area (Å²) in [6.45, 7) is 3.05. The normalized spacial score (nSPS) is 18.9. The fourth-order valence-electron chi connectivity index (χ4n) is 4.27. The van der Waals surface area contributed by atoms with E-state index >= 15 is 0 Å². The minimum Gasteiger partial charge on any atom is -0.333 e. The van der Waals surface area contributed by atoms with Gasteiger partial charge < -0.3 is 5.32 Å². The predicted octanol–water partition coefficient (Wildman–Crippen LogP) is 4.64. The van der Waals surface area contributed by atoms with Crippen LogP contribution in [0.5, 0.6) is 0 Å². The van der Waals surface area contributed by atoms with E-state index in [2.05, 4.69) is 15.7 Å². The first-order valence-electron chi connectivity index (χ1n) is 10.7. The number of para-hydroxylation sites is 1. The van der Waals surface area contributed by atoms with Crippen LogP contribution < -0.4 is 10.6 Å². The van der Waals surface area contributed by atoms with Crippen LogP contribution in [0, 0.1) is 13.8 Å². The lowest BCUT2D eigenvalue weighted by atomic mass is 9.94. The monoisotopic (exact) mass is 457 g/mol. The Morgan fingerprint density at radius 1 is 1.03 bits per heavy atom. The number of carbonyl (C=O) groups excluding carboxylic acids is 1. The average molecular weight is 458 g/mol. The fraction of sp³-hybridized carbons (Fsp3) is 0.333. The molecule has 6 nitrogen and oxygen atoms in total. The summed E-state index contributed by atoms with van der Waals surface area (Å²) in [5, 5.41) is 10.3. The summed E-state index contributed by atoms with van der Waals surface area (Å²) in [5.41, 5.74) is 3.28. The van der Waals surface area contributed by atoms with E-state index in [9.17, 15) is 18.0 Å². The van der Waals surface area contributed by atoms with Crippen LogP contribution in [-0.2, 0) is 0 Å². The van der Waals surface area contributed by atoms with Crippen molar-refractivity contribution in [2.45, 2.75) is 32.0 Å². The van der Waals surface area contributed by atoms with Gasteiger partial charge in [-0.1, -0.05) is 48.5 Å². The molecule has 2 atom stereocenters. The third kappa shape index (κ3) is 5.36. The number of nitrogens with one attached hydrogen (secondary N) is 2. The highest BCUT2D eigenvalue weighted by Crippen LogP contribution is 2.30. The van der Waals surface area contributed by atoms with Crippen molar-refractivity contribution in [1.82, 2.24) is 20.0 Å². The average Bonchev–Trinajstić information content (AvgIpc) is 3.29. The van der Waals surface area contributed by atoms with E-state index in [1.54, 1.807) is 4.68 Å². The van der Waals surface area contributed by atoms with Crippen LogP contribution in [-0.4, -0.2) is 52.6 Å². The smallest absolute Gasteiger partial charge is 0.333 e. The molecule has 9 heteroatoms. The summed E-state index contributed by atoms with van der Waals surface area (Å²) in [7, 11) is 0. The molecule has 174 valence electrons. The number of rotatable bonds is 5. The summed E-state index contributed by atoms with van der Waals surface area (Å²) in [6, 6.07) is 17.8. The van der Waals surface area contributed by atoms with Crippen molar-refractivity contribution < 1.29 is 18.0 Å². The molecule has 3 aromatic rings. The summed E-state index contributed by atoms with van der Waals surface area (Å²) < 4.78 is 40.7. The molecule has 0 bridgehead atoms. The Kier molecular flexibility index (Phi) is 6.42. The standard InChI is InChI=1S/C24H26F3N5O/c1-16-17(2)30-32(19-11-7-4-8-12-19)22(16)29-23(33)28-21-14-31(15-24(25,26)27)13-20(21)18-9-5-3-6-10-18/h3-12,20-21H,13-15H2,1-2H3,(H2,28,29,33)/t20-,21+/m0/s1. The Morgan fingerprint density at radius 2 is 1.67 bits per heavy atom. The molecule has 2 N–H and O–H groups in total. The number of aromatic nitrogens is 2. The van der Waals surface area contributed by atoms with Crippen LogP contribution in [0.3, 0.4) is 0 Å². The number of carbonyl (C=O) groups is 1. The van der Waals surface area contributed by atoms with Crippen molar-refractivity contribution in [2.75, 3.05) is 25.0 Å². The van der Waals surface area contributed by atoms with E-state index in [1.807, 2.05) is 74.5 Å². The third-order valence-electron chi connectivity index (χ3n) is 5.94. The third-order valence-corrected chi connectivity index (χ3v) is 5.94. The number of hydrogen-bond acceptors (Lipinski definition) is 3. The van der Waals surface area contributed by atoms with Gasteiger partial charge >= 0.3 is 12.2 Å². The molecular formula is C24H26F3N5O. The van der Waals surface area contributed by atoms with Crippen molar-refractivity contribution in [2.24, 2.45) is 0 Å². The van der Waals surface area contributed by atoms with E-state index in [4.69, 9.17) is 0 Å². The first-order chi connectivity index (χ1) is 15.7. The van der Waals surface area contributed by atoms with Gasteiger partial charge in [-0.15, -0.1) is 0 Å². The van der Waals surface area contributed by atoms with Crippen LogP contribution in [0.2, 0.25) is 0 Å². The SMILES string of the molecule is Cc1nn(-c2ccccc2)c(NC(=O)N[C@@H]2CN(CC(F)(F)F)C[C@H]2c2ccccc2)c1C. The Balaban J connectivity index is 1.53. The maximum absolute atomic E-state index is 13.0. The first kappa shape index (κ1) is 22.8. The zero-order valence-electron chi connectivity index (χ0n) is 18.4. The van der Waals surface area contributed by atoms with Gasteiger partial charge in [0.15, 0.2) is 0 Å². The van der Waals surface area contributed by atoms with E-state index in [-0.39, 0.29) is 19.0 Å². The van der Waals surface area contributed by atoms with Crippen LogP contribution in [0.4, 0.5) is 23.8 Å². The van der Waals surface area contributed by atoms with Crippen LogP contribution in [0.15, 0.2) is 60.7 Å². The molecule has 2 amide bonds. The molecule has 1 aliphatic heterocycles. The second kappa shape index (κ2) is 9.27. The maximum Gasteiger partial charge on any atom is 0.401 e. The van der Waals surface area contributed by atoms with Gasteiger partial charge in [0.1, 0.15) is 5.82 Å². The van der Waals surface area contributed by atoms with Gasteiger partial charge in [0.2, 0.25) is 0 Å². The van der Waals surface area contributed by atoms with Crippen molar-refractivity contribution in [3.05, 3.63) is 77.5 Å². The fourth-order valence-corrected chi connectivity index (χ4v) is 4.27. The molecule has 0 unspecified atom stereocenters. The molecule has 0 spiro atoms. The quantitative estimate of drug-likeness (QED) is 0.587. The lowest BCUT2D eigenvalue weighted by Gasteiger charge is -2.21.